The van der Waals surface area contributed by atoms with Gasteiger partial charge in [-0.1, -0.05) is 103 Å². The van der Waals surface area contributed by atoms with Crippen molar-refractivity contribution in [2.24, 2.45) is 0 Å². The summed E-state index contributed by atoms with van der Waals surface area (Å²) in [4.78, 5) is 2.32. The van der Waals surface area contributed by atoms with Crippen molar-refractivity contribution in [3.63, 3.8) is 0 Å². The molecule has 258 valence electrons. The third kappa shape index (κ3) is 5.13. The van der Waals surface area contributed by atoms with Crippen molar-refractivity contribution in [2.75, 3.05) is 4.90 Å². The molecule has 0 spiro atoms. The van der Waals surface area contributed by atoms with E-state index in [2.05, 4.69) is 226 Å². The van der Waals surface area contributed by atoms with Crippen molar-refractivity contribution in [3.8, 4) is 22.5 Å². The van der Waals surface area contributed by atoms with Gasteiger partial charge in [0.25, 0.3) is 0 Å². The topological polar surface area (TPSA) is 13.1 Å². The van der Waals surface area contributed by atoms with Crippen LogP contribution in [0.1, 0.15) is 0 Å². The molecule has 0 radical (unpaired) electrons. The maximum absolute atomic E-state index is 2.44. The van der Waals surface area contributed by atoms with Gasteiger partial charge >= 0.3 is 0 Å². The summed E-state index contributed by atoms with van der Waals surface area (Å²) in [6, 6.07) is 74.7. The molecule has 0 unspecified atom stereocenters. The molecule has 0 aliphatic carbocycles. The van der Waals surface area contributed by atoms with Crippen LogP contribution in [0.5, 0.6) is 0 Å². The standard InChI is InChI=1S/C52H35N3/c1-5-15-39(16-6-1)53-30-29-37-31-38-32-45(36-25-27-43(28-26-36)54(40-17-7-2-8-18-40)41-19-9-3-10-20-41)47-33-49-44-23-13-14-24-50(44)55(42-21-11-4-12-22-42)52(49)35-48(47)46(38)34-51(37)53/h1-35H. The van der Waals surface area contributed by atoms with E-state index < -0.39 is 0 Å². The van der Waals surface area contributed by atoms with E-state index >= 15 is 0 Å². The molecule has 2 aromatic heterocycles. The molecule has 3 heteroatoms. The number of rotatable bonds is 6. The smallest absolute Gasteiger partial charge is 0.0547 e. The fourth-order valence-corrected chi connectivity index (χ4v) is 8.55. The molecule has 0 saturated carbocycles. The van der Waals surface area contributed by atoms with Gasteiger partial charge in [0.1, 0.15) is 0 Å². The first-order chi connectivity index (χ1) is 27.3. The van der Waals surface area contributed by atoms with Crippen molar-refractivity contribution in [3.05, 3.63) is 212 Å². The Hall–Kier alpha value is -7.36. The second-order valence-corrected chi connectivity index (χ2v) is 14.2. The van der Waals surface area contributed by atoms with Crippen molar-refractivity contribution >= 4 is 71.3 Å². The molecule has 9 aromatic carbocycles. The summed E-state index contributed by atoms with van der Waals surface area (Å²) in [5, 5.41) is 8.66. The zero-order valence-corrected chi connectivity index (χ0v) is 30.0. The number of benzene rings is 9. The van der Waals surface area contributed by atoms with Gasteiger partial charge in [-0.15, -0.1) is 0 Å². The second kappa shape index (κ2) is 12.6. The van der Waals surface area contributed by atoms with E-state index in [0.717, 1.165) is 28.4 Å². The summed E-state index contributed by atoms with van der Waals surface area (Å²) < 4.78 is 4.72. The minimum atomic E-state index is 1.11. The number of fused-ring (bicyclic) bond motifs is 7. The fourth-order valence-electron chi connectivity index (χ4n) is 8.55. The van der Waals surface area contributed by atoms with Gasteiger partial charge in [-0.05, 0) is 136 Å². The lowest BCUT2D eigenvalue weighted by molar-refractivity contribution is 1.13. The summed E-state index contributed by atoms with van der Waals surface area (Å²) in [5.41, 5.74) is 11.7. The van der Waals surface area contributed by atoms with Crippen LogP contribution in [-0.2, 0) is 0 Å². The maximum Gasteiger partial charge on any atom is 0.0547 e. The molecule has 55 heavy (non-hydrogen) atoms. The molecule has 0 amide bonds. The summed E-state index contributed by atoms with van der Waals surface area (Å²) in [6.45, 7) is 0. The average molecular weight is 702 g/mol. The number of anilines is 3. The Morgan fingerprint density at radius 3 is 1.60 bits per heavy atom. The molecule has 0 aliphatic heterocycles. The van der Waals surface area contributed by atoms with Crippen LogP contribution < -0.4 is 4.90 Å². The predicted octanol–water partition coefficient (Wildman–Crippen LogP) is 14.2. The van der Waals surface area contributed by atoms with Gasteiger partial charge < -0.3 is 14.0 Å². The van der Waals surface area contributed by atoms with Gasteiger partial charge in [-0.3, -0.25) is 0 Å². The van der Waals surface area contributed by atoms with Crippen LogP contribution in [0.3, 0.4) is 0 Å². The van der Waals surface area contributed by atoms with E-state index in [0.29, 0.717) is 0 Å². The van der Waals surface area contributed by atoms with Crippen LogP contribution >= 0.6 is 0 Å². The monoisotopic (exact) mass is 701 g/mol. The van der Waals surface area contributed by atoms with Gasteiger partial charge in [-0.2, -0.15) is 0 Å². The van der Waals surface area contributed by atoms with Crippen LogP contribution in [-0.4, -0.2) is 9.13 Å². The lowest BCUT2D eigenvalue weighted by Crippen LogP contribution is -2.09. The first-order valence-electron chi connectivity index (χ1n) is 18.8. The summed E-state index contributed by atoms with van der Waals surface area (Å²) in [5.74, 6) is 0. The van der Waals surface area contributed by atoms with E-state index in [1.54, 1.807) is 0 Å². The summed E-state index contributed by atoms with van der Waals surface area (Å²) >= 11 is 0. The summed E-state index contributed by atoms with van der Waals surface area (Å²) in [6.07, 6.45) is 2.19. The van der Waals surface area contributed by atoms with Crippen LogP contribution in [0.25, 0.3) is 76.8 Å². The van der Waals surface area contributed by atoms with Crippen molar-refractivity contribution in [2.45, 2.75) is 0 Å². The van der Waals surface area contributed by atoms with Crippen LogP contribution in [0, 0.1) is 0 Å². The maximum atomic E-state index is 2.44. The molecule has 0 N–H and O–H groups in total. The molecule has 11 rings (SSSR count). The quantitative estimate of drug-likeness (QED) is 0.157. The molecule has 11 aromatic rings. The van der Waals surface area contributed by atoms with Crippen LogP contribution in [0.4, 0.5) is 17.1 Å². The molecule has 3 nitrogen and oxygen atoms in total. The molecule has 0 bridgehead atoms. The summed E-state index contributed by atoms with van der Waals surface area (Å²) in [7, 11) is 0. The Bertz CT molecular complexity index is 3120. The van der Waals surface area contributed by atoms with E-state index in [9.17, 15) is 0 Å². The van der Waals surface area contributed by atoms with Gasteiger partial charge in [0, 0.05) is 50.8 Å². The van der Waals surface area contributed by atoms with E-state index in [1.165, 1.54) is 65.4 Å². The van der Waals surface area contributed by atoms with E-state index in [1.807, 2.05) is 0 Å². The SMILES string of the molecule is c1ccc(N(c2ccccc2)c2ccc(-c3cc4cc5ccn(-c6ccccc6)c5cc4c4cc5c(cc34)c3ccccc3n5-c3ccccc3)cc2)cc1. The van der Waals surface area contributed by atoms with E-state index in [4.69, 9.17) is 0 Å². The number of hydrogen-bond acceptors (Lipinski definition) is 1. The average Bonchev–Trinajstić information content (AvgIpc) is 3.82. The highest BCUT2D eigenvalue weighted by Gasteiger charge is 2.19. The third-order valence-electron chi connectivity index (χ3n) is 11.1. The van der Waals surface area contributed by atoms with Gasteiger partial charge in [-0.25, -0.2) is 0 Å². The molecule has 0 saturated heterocycles. The Kier molecular flexibility index (Phi) is 7.17. The molecule has 0 atom stereocenters. The molecular formula is C52H35N3. The normalized spacial score (nSPS) is 11.6. The number of nitrogens with zero attached hydrogens (tertiary/aromatic N) is 3. The highest BCUT2D eigenvalue weighted by Crippen LogP contribution is 2.43. The molecule has 0 aliphatic rings. The predicted molar refractivity (Wildman–Crippen MR) is 233 cm³/mol. The Labute approximate surface area is 319 Å². The minimum absolute atomic E-state index is 1.11. The largest absolute Gasteiger partial charge is 0.317 e. The lowest BCUT2D eigenvalue weighted by atomic mass is 9.91. The number of aromatic nitrogens is 2. The third-order valence-corrected chi connectivity index (χ3v) is 11.1. The van der Waals surface area contributed by atoms with Gasteiger partial charge in [0.2, 0.25) is 0 Å². The van der Waals surface area contributed by atoms with Crippen LogP contribution in [0.2, 0.25) is 0 Å². The Morgan fingerprint density at radius 2 is 0.909 bits per heavy atom. The zero-order chi connectivity index (χ0) is 36.3. The first-order valence-corrected chi connectivity index (χ1v) is 18.8. The Morgan fingerprint density at radius 1 is 0.327 bits per heavy atom. The van der Waals surface area contributed by atoms with Crippen molar-refractivity contribution in [1.29, 1.82) is 0 Å². The molecule has 2 heterocycles. The fraction of sp³-hybridized carbons (Fsp3) is 0. The molecular weight excluding hydrogens is 667 g/mol. The highest BCUT2D eigenvalue weighted by atomic mass is 15.1. The zero-order valence-electron chi connectivity index (χ0n) is 30.0. The van der Waals surface area contributed by atoms with Crippen molar-refractivity contribution in [1.82, 2.24) is 9.13 Å². The molecule has 0 fully saturated rings. The van der Waals surface area contributed by atoms with Gasteiger partial charge in [0.15, 0.2) is 0 Å². The lowest BCUT2D eigenvalue weighted by Gasteiger charge is -2.25. The number of para-hydroxylation sites is 5. The second-order valence-electron chi connectivity index (χ2n) is 14.2. The van der Waals surface area contributed by atoms with Crippen molar-refractivity contribution < 1.29 is 0 Å². The van der Waals surface area contributed by atoms with E-state index in [-0.39, 0.29) is 0 Å². The highest BCUT2D eigenvalue weighted by molar-refractivity contribution is 6.23. The van der Waals surface area contributed by atoms with Gasteiger partial charge in [0.05, 0.1) is 16.6 Å². The minimum Gasteiger partial charge on any atom is -0.317 e. The number of hydrogen-bond donors (Lipinski definition) is 0. The first kappa shape index (κ1) is 31.2. The Balaban J connectivity index is 1.18. The van der Waals surface area contributed by atoms with Crippen LogP contribution in [0.15, 0.2) is 212 Å².